The average molecular weight is 356 g/mol. The number of hydrogen-bond donors (Lipinski definition) is 2. The molecule has 1 saturated heterocycles. The van der Waals surface area contributed by atoms with E-state index >= 15 is 0 Å². The minimum atomic E-state index is -0.579. The monoisotopic (exact) mass is 356 g/mol. The molecule has 1 aromatic heterocycles. The number of nitrogens with zero attached hydrogens (tertiary/aromatic N) is 4. The summed E-state index contributed by atoms with van der Waals surface area (Å²) in [4.78, 5) is 23.1. The molecule has 0 radical (unpaired) electrons. The average Bonchev–Trinajstić information content (AvgIpc) is 3.16. The van der Waals surface area contributed by atoms with E-state index in [1.165, 1.54) is 37.2 Å². The fraction of sp³-hybridized carbons (Fsp3) is 0.389. The van der Waals surface area contributed by atoms with Crippen molar-refractivity contribution < 1.29 is 9.53 Å². The van der Waals surface area contributed by atoms with Crippen LogP contribution in [0, 0.1) is 0 Å². The highest BCUT2D eigenvalue weighted by atomic mass is 16.5. The van der Waals surface area contributed by atoms with Gasteiger partial charge in [0.25, 0.3) is 0 Å². The lowest BCUT2D eigenvalue weighted by atomic mass is 10.3. The molecular weight excluding hydrogens is 332 g/mol. The molecule has 26 heavy (non-hydrogen) atoms. The molecule has 8 nitrogen and oxygen atoms in total. The third kappa shape index (κ3) is 4.82. The minimum absolute atomic E-state index is 0.428. The van der Waals surface area contributed by atoms with E-state index in [1.807, 2.05) is 24.3 Å². The zero-order valence-corrected chi connectivity index (χ0v) is 14.9. The van der Waals surface area contributed by atoms with Crippen molar-refractivity contribution in [2.75, 3.05) is 43.5 Å². The number of hydrogen-bond acceptors (Lipinski definition) is 6. The van der Waals surface area contributed by atoms with Crippen molar-refractivity contribution in [2.24, 2.45) is 5.73 Å². The van der Waals surface area contributed by atoms with E-state index in [4.69, 9.17) is 10.5 Å². The summed E-state index contributed by atoms with van der Waals surface area (Å²) in [6, 6.07) is 8.76. The molecule has 0 aliphatic carbocycles. The summed E-state index contributed by atoms with van der Waals surface area (Å²) in [6.07, 6.45) is 3.97. The number of ether oxygens (including phenoxy) is 1. The van der Waals surface area contributed by atoms with Crippen molar-refractivity contribution in [1.82, 2.24) is 14.9 Å². The van der Waals surface area contributed by atoms with Gasteiger partial charge in [0.05, 0.1) is 0 Å². The molecule has 1 aliphatic heterocycles. The molecule has 3 N–H and O–H groups in total. The van der Waals surface area contributed by atoms with Crippen LogP contribution >= 0.6 is 0 Å². The second-order valence-electron chi connectivity index (χ2n) is 6.21. The van der Waals surface area contributed by atoms with Gasteiger partial charge in [0.1, 0.15) is 30.3 Å². The molecule has 0 saturated carbocycles. The number of carbonyl (C=O) groups is 1. The highest BCUT2D eigenvalue weighted by Gasteiger charge is 2.11. The van der Waals surface area contributed by atoms with Crippen LogP contribution in [0.4, 0.5) is 22.1 Å². The summed E-state index contributed by atoms with van der Waals surface area (Å²) in [6.45, 7) is 4.02. The van der Waals surface area contributed by atoms with E-state index in [-0.39, 0.29) is 0 Å². The summed E-state index contributed by atoms with van der Waals surface area (Å²) >= 11 is 0. The van der Waals surface area contributed by atoms with Gasteiger partial charge in [0.2, 0.25) is 0 Å². The maximum atomic E-state index is 11.2. The van der Waals surface area contributed by atoms with E-state index < -0.39 is 6.03 Å². The number of nitrogens with two attached hydrogens (primary N) is 1. The smallest absolute Gasteiger partial charge is 0.320 e. The standard InChI is InChI=1S/C18H24N6O2/c1-23(18(19)25)17-12-16(20-13-21-17)22-14-4-6-15(7-5-14)26-11-10-24-8-2-3-9-24/h4-7,12-13H,2-3,8-11H2,1H3,(H2,19,25)(H,20,21,22). The van der Waals surface area contributed by atoms with Crippen LogP contribution in [-0.4, -0.2) is 54.2 Å². The molecular formula is C18H24N6O2. The summed E-state index contributed by atoms with van der Waals surface area (Å²) in [5, 5.41) is 3.17. The van der Waals surface area contributed by atoms with Crippen molar-refractivity contribution in [3.63, 3.8) is 0 Å². The topological polar surface area (TPSA) is 96.6 Å². The molecule has 1 aliphatic rings. The number of aromatic nitrogens is 2. The fourth-order valence-electron chi connectivity index (χ4n) is 2.79. The van der Waals surface area contributed by atoms with Crippen LogP contribution < -0.4 is 20.7 Å². The minimum Gasteiger partial charge on any atom is -0.492 e. The lowest BCUT2D eigenvalue weighted by molar-refractivity contribution is 0.238. The lowest BCUT2D eigenvalue weighted by Gasteiger charge is -2.15. The van der Waals surface area contributed by atoms with Crippen LogP contribution in [0.1, 0.15) is 12.8 Å². The molecule has 0 spiro atoms. The van der Waals surface area contributed by atoms with Crippen molar-refractivity contribution in [2.45, 2.75) is 12.8 Å². The van der Waals surface area contributed by atoms with Crippen LogP contribution in [0.5, 0.6) is 5.75 Å². The number of anilines is 3. The van der Waals surface area contributed by atoms with E-state index in [1.54, 1.807) is 13.1 Å². The molecule has 2 heterocycles. The van der Waals surface area contributed by atoms with E-state index in [9.17, 15) is 4.79 Å². The van der Waals surface area contributed by atoms with Gasteiger partial charge < -0.3 is 15.8 Å². The van der Waals surface area contributed by atoms with Crippen LogP contribution in [0.15, 0.2) is 36.7 Å². The van der Waals surface area contributed by atoms with E-state index in [0.717, 1.165) is 18.0 Å². The van der Waals surface area contributed by atoms with Gasteiger partial charge in [0.15, 0.2) is 0 Å². The fourth-order valence-corrected chi connectivity index (χ4v) is 2.79. The number of likely N-dealkylation sites (tertiary alicyclic amines) is 1. The third-order valence-corrected chi connectivity index (χ3v) is 4.33. The Morgan fingerprint density at radius 2 is 2.00 bits per heavy atom. The maximum absolute atomic E-state index is 11.2. The second kappa shape index (κ2) is 8.48. The van der Waals surface area contributed by atoms with Crippen LogP contribution in [0.25, 0.3) is 0 Å². The molecule has 1 aromatic carbocycles. The van der Waals surface area contributed by atoms with Crippen LogP contribution in [0.2, 0.25) is 0 Å². The highest BCUT2D eigenvalue weighted by molar-refractivity contribution is 5.89. The van der Waals surface area contributed by atoms with Crippen molar-refractivity contribution in [3.05, 3.63) is 36.7 Å². The molecule has 3 rings (SSSR count). The molecule has 2 amide bonds. The predicted molar refractivity (Wildman–Crippen MR) is 101 cm³/mol. The Morgan fingerprint density at radius 1 is 1.27 bits per heavy atom. The van der Waals surface area contributed by atoms with Crippen molar-refractivity contribution in [1.29, 1.82) is 0 Å². The van der Waals surface area contributed by atoms with E-state index in [2.05, 4.69) is 20.2 Å². The molecule has 1 fully saturated rings. The van der Waals surface area contributed by atoms with Crippen LogP contribution in [-0.2, 0) is 0 Å². The SMILES string of the molecule is CN(C(N)=O)c1cc(Nc2ccc(OCCN3CCCC3)cc2)ncn1. The van der Waals surface area contributed by atoms with Gasteiger partial charge >= 0.3 is 6.03 Å². The molecule has 8 heteroatoms. The van der Waals surface area contributed by atoms with E-state index in [0.29, 0.717) is 18.2 Å². The van der Waals surface area contributed by atoms with Gasteiger partial charge in [-0.2, -0.15) is 0 Å². The zero-order valence-electron chi connectivity index (χ0n) is 14.9. The Hall–Kier alpha value is -2.87. The van der Waals surface area contributed by atoms with Gasteiger partial charge in [-0.15, -0.1) is 0 Å². The lowest BCUT2D eigenvalue weighted by Crippen LogP contribution is -2.32. The highest BCUT2D eigenvalue weighted by Crippen LogP contribution is 2.21. The summed E-state index contributed by atoms with van der Waals surface area (Å²) in [5.74, 6) is 1.84. The predicted octanol–water partition coefficient (Wildman–Crippen LogP) is 2.21. The number of rotatable bonds is 7. The quantitative estimate of drug-likeness (QED) is 0.789. The maximum Gasteiger partial charge on any atom is 0.320 e. The first-order valence-electron chi connectivity index (χ1n) is 8.69. The van der Waals surface area contributed by atoms with Crippen molar-refractivity contribution in [3.8, 4) is 5.75 Å². The normalized spacial score (nSPS) is 14.2. The van der Waals surface area contributed by atoms with Gasteiger partial charge in [-0.1, -0.05) is 0 Å². The molecule has 0 bridgehead atoms. The Bertz CT molecular complexity index is 731. The Balaban J connectivity index is 1.53. The molecule has 0 unspecified atom stereocenters. The third-order valence-electron chi connectivity index (χ3n) is 4.33. The van der Waals surface area contributed by atoms with Gasteiger partial charge in [-0.3, -0.25) is 9.80 Å². The first-order chi connectivity index (χ1) is 12.6. The van der Waals surface area contributed by atoms with Crippen LogP contribution in [0.3, 0.4) is 0 Å². The molecule has 138 valence electrons. The van der Waals surface area contributed by atoms with Gasteiger partial charge in [-0.05, 0) is 50.2 Å². The Morgan fingerprint density at radius 3 is 2.69 bits per heavy atom. The second-order valence-corrected chi connectivity index (χ2v) is 6.21. The summed E-state index contributed by atoms with van der Waals surface area (Å²) < 4.78 is 5.80. The number of nitrogens with one attached hydrogen (secondary N) is 1. The molecule has 0 atom stereocenters. The number of benzene rings is 1. The van der Waals surface area contributed by atoms with Gasteiger partial charge in [0, 0.05) is 25.3 Å². The number of amides is 2. The van der Waals surface area contributed by atoms with Gasteiger partial charge in [-0.25, -0.2) is 14.8 Å². The number of primary amides is 1. The Labute approximate surface area is 153 Å². The summed E-state index contributed by atoms with van der Waals surface area (Å²) in [7, 11) is 1.56. The van der Waals surface area contributed by atoms with Crippen molar-refractivity contribution >= 4 is 23.4 Å². The largest absolute Gasteiger partial charge is 0.492 e. The first kappa shape index (κ1) is 17.9. The summed E-state index contributed by atoms with van der Waals surface area (Å²) in [5.41, 5.74) is 6.12. The first-order valence-corrected chi connectivity index (χ1v) is 8.69. The zero-order chi connectivity index (χ0) is 18.4. The number of carbonyl (C=O) groups excluding carboxylic acids is 1. The number of urea groups is 1. The Kier molecular flexibility index (Phi) is 5.85. The molecule has 2 aromatic rings.